The summed E-state index contributed by atoms with van der Waals surface area (Å²) in [4.78, 5) is 11.8. The number of hydrogen-bond donors (Lipinski definition) is 1. The number of carbonyl (C=O) groups is 1. The molecule has 1 aliphatic heterocycles. The molecule has 1 N–H and O–H groups in total. The average Bonchev–Trinajstić information content (AvgIpc) is 2.95. The molecule has 1 aromatic heterocycles. The van der Waals surface area contributed by atoms with E-state index in [9.17, 15) is 4.79 Å². The Kier molecular flexibility index (Phi) is 4.65. The SMILES string of the molecule is CC(CNC(=O)c1ccc(Br)o1)CC1(C)OCCO1. The van der Waals surface area contributed by atoms with E-state index in [2.05, 4.69) is 28.2 Å². The van der Waals surface area contributed by atoms with E-state index in [1.807, 2.05) is 6.92 Å². The number of halogens is 1. The standard InChI is InChI=1S/C13H18BrNO4/c1-9(7-13(2)17-5-6-18-13)8-15-12(16)10-3-4-11(14)19-10/h3-4,9H,5-8H2,1-2H3,(H,15,16). The molecule has 0 bridgehead atoms. The second-order valence-electron chi connectivity index (χ2n) is 4.95. The van der Waals surface area contributed by atoms with E-state index in [1.54, 1.807) is 12.1 Å². The predicted octanol–water partition coefficient (Wildman–Crippen LogP) is 2.56. The van der Waals surface area contributed by atoms with Crippen LogP contribution in [0.2, 0.25) is 0 Å². The molecular formula is C13H18BrNO4. The predicted molar refractivity (Wildman–Crippen MR) is 72.8 cm³/mol. The second-order valence-corrected chi connectivity index (χ2v) is 5.74. The summed E-state index contributed by atoms with van der Waals surface area (Å²) in [5, 5.41) is 2.84. The molecule has 0 aliphatic carbocycles. The first-order chi connectivity index (χ1) is 8.98. The molecule has 1 aromatic rings. The lowest BCUT2D eigenvalue weighted by atomic mass is 10.0. The first-order valence-corrected chi connectivity index (χ1v) is 7.09. The van der Waals surface area contributed by atoms with Gasteiger partial charge in [-0.15, -0.1) is 0 Å². The lowest BCUT2D eigenvalue weighted by molar-refractivity contribution is -0.153. The van der Waals surface area contributed by atoms with Crippen molar-refractivity contribution in [2.24, 2.45) is 5.92 Å². The van der Waals surface area contributed by atoms with Gasteiger partial charge >= 0.3 is 0 Å². The van der Waals surface area contributed by atoms with Crippen molar-refractivity contribution in [1.82, 2.24) is 5.32 Å². The smallest absolute Gasteiger partial charge is 0.287 e. The van der Waals surface area contributed by atoms with Gasteiger partial charge in [-0.1, -0.05) is 6.92 Å². The molecule has 1 unspecified atom stereocenters. The van der Waals surface area contributed by atoms with E-state index < -0.39 is 5.79 Å². The van der Waals surface area contributed by atoms with Crippen LogP contribution >= 0.6 is 15.9 Å². The van der Waals surface area contributed by atoms with Crippen LogP contribution in [0.4, 0.5) is 0 Å². The molecule has 106 valence electrons. The maximum atomic E-state index is 11.8. The Balaban J connectivity index is 1.77. The summed E-state index contributed by atoms with van der Waals surface area (Å²) in [5.41, 5.74) is 0. The molecule has 0 aromatic carbocycles. The summed E-state index contributed by atoms with van der Waals surface area (Å²) in [6.07, 6.45) is 0.745. The fourth-order valence-corrected chi connectivity index (χ4v) is 2.48. The summed E-state index contributed by atoms with van der Waals surface area (Å²) in [5.74, 6) is -0.169. The molecule has 1 fully saturated rings. The van der Waals surface area contributed by atoms with Crippen molar-refractivity contribution in [2.45, 2.75) is 26.1 Å². The highest BCUT2D eigenvalue weighted by Crippen LogP contribution is 2.26. The van der Waals surface area contributed by atoms with Crippen LogP contribution in [0.1, 0.15) is 30.8 Å². The minimum atomic E-state index is -0.516. The minimum Gasteiger partial charge on any atom is -0.444 e. The van der Waals surface area contributed by atoms with Gasteiger partial charge < -0.3 is 19.2 Å². The topological polar surface area (TPSA) is 60.7 Å². The van der Waals surface area contributed by atoms with Gasteiger partial charge in [0, 0.05) is 13.0 Å². The average molecular weight is 332 g/mol. The Bertz CT molecular complexity index is 440. The Morgan fingerprint density at radius 3 is 2.74 bits per heavy atom. The van der Waals surface area contributed by atoms with Crippen LogP contribution in [0, 0.1) is 5.92 Å². The molecule has 1 amide bonds. The van der Waals surface area contributed by atoms with E-state index in [1.165, 1.54) is 0 Å². The third-order valence-electron chi connectivity index (χ3n) is 3.03. The van der Waals surface area contributed by atoms with Gasteiger partial charge in [-0.2, -0.15) is 0 Å². The highest BCUT2D eigenvalue weighted by molar-refractivity contribution is 9.10. The highest BCUT2D eigenvalue weighted by atomic mass is 79.9. The molecule has 2 rings (SSSR count). The zero-order valence-electron chi connectivity index (χ0n) is 11.1. The van der Waals surface area contributed by atoms with Gasteiger partial charge in [0.1, 0.15) is 0 Å². The number of carbonyl (C=O) groups excluding carboxylic acids is 1. The summed E-state index contributed by atoms with van der Waals surface area (Å²) >= 11 is 3.17. The van der Waals surface area contributed by atoms with Crippen molar-refractivity contribution in [2.75, 3.05) is 19.8 Å². The molecule has 5 nitrogen and oxygen atoms in total. The van der Waals surface area contributed by atoms with Crippen LogP contribution in [0.5, 0.6) is 0 Å². The number of amides is 1. The van der Waals surface area contributed by atoms with Crippen LogP contribution in [0.15, 0.2) is 21.2 Å². The van der Waals surface area contributed by atoms with Crippen LogP contribution in [-0.2, 0) is 9.47 Å². The molecular weight excluding hydrogens is 314 g/mol. The third-order valence-corrected chi connectivity index (χ3v) is 3.45. The van der Waals surface area contributed by atoms with Gasteiger partial charge in [0.15, 0.2) is 16.2 Å². The van der Waals surface area contributed by atoms with Crippen molar-refractivity contribution in [3.05, 3.63) is 22.6 Å². The largest absolute Gasteiger partial charge is 0.444 e. The molecule has 1 aliphatic rings. The van der Waals surface area contributed by atoms with Crippen LogP contribution in [0.25, 0.3) is 0 Å². The molecule has 6 heteroatoms. The Morgan fingerprint density at radius 1 is 1.47 bits per heavy atom. The highest BCUT2D eigenvalue weighted by Gasteiger charge is 2.32. The van der Waals surface area contributed by atoms with Crippen LogP contribution in [0.3, 0.4) is 0 Å². The molecule has 1 atom stereocenters. The van der Waals surface area contributed by atoms with Crippen molar-refractivity contribution in [1.29, 1.82) is 0 Å². The Labute approximate surface area is 120 Å². The van der Waals surface area contributed by atoms with Gasteiger partial charge in [0.25, 0.3) is 5.91 Å². The summed E-state index contributed by atoms with van der Waals surface area (Å²) < 4.78 is 16.8. The normalized spacial score (nSPS) is 19.3. The van der Waals surface area contributed by atoms with Crippen molar-refractivity contribution in [3.8, 4) is 0 Å². The van der Waals surface area contributed by atoms with Gasteiger partial charge in [0.05, 0.1) is 13.2 Å². The van der Waals surface area contributed by atoms with Crippen molar-refractivity contribution < 1.29 is 18.7 Å². The number of ether oxygens (including phenoxy) is 2. The van der Waals surface area contributed by atoms with E-state index in [4.69, 9.17) is 13.9 Å². The number of rotatable bonds is 5. The Hall–Kier alpha value is -0.850. The fourth-order valence-electron chi connectivity index (χ4n) is 2.17. The quantitative estimate of drug-likeness (QED) is 0.900. The Morgan fingerprint density at radius 2 is 2.16 bits per heavy atom. The van der Waals surface area contributed by atoms with Gasteiger partial charge in [-0.3, -0.25) is 4.79 Å². The first kappa shape index (κ1) is 14.6. The molecule has 0 saturated carbocycles. The second kappa shape index (κ2) is 6.07. The third kappa shape index (κ3) is 4.06. The van der Waals surface area contributed by atoms with Gasteiger partial charge in [-0.05, 0) is 40.9 Å². The number of hydrogen-bond acceptors (Lipinski definition) is 4. The molecule has 0 spiro atoms. The van der Waals surface area contributed by atoms with E-state index in [0.717, 1.165) is 6.42 Å². The maximum Gasteiger partial charge on any atom is 0.287 e. The zero-order chi connectivity index (χ0) is 13.9. The van der Waals surface area contributed by atoms with E-state index in [0.29, 0.717) is 30.2 Å². The summed E-state index contributed by atoms with van der Waals surface area (Å²) in [6.45, 7) is 5.81. The monoisotopic (exact) mass is 331 g/mol. The zero-order valence-corrected chi connectivity index (χ0v) is 12.7. The van der Waals surface area contributed by atoms with Gasteiger partial charge in [-0.25, -0.2) is 0 Å². The molecule has 2 heterocycles. The molecule has 1 saturated heterocycles. The summed E-state index contributed by atoms with van der Waals surface area (Å²) in [6, 6.07) is 3.33. The maximum absolute atomic E-state index is 11.8. The van der Waals surface area contributed by atoms with Crippen molar-refractivity contribution in [3.63, 3.8) is 0 Å². The van der Waals surface area contributed by atoms with Crippen LogP contribution in [-0.4, -0.2) is 31.5 Å². The fraction of sp³-hybridized carbons (Fsp3) is 0.615. The van der Waals surface area contributed by atoms with Gasteiger partial charge in [0.2, 0.25) is 0 Å². The summed E-state index contributed by atoms with van der Waals surface area (Å²) in [7, 11) is 0. The van der Waals surface area contributed by atoms with E-state index in [-0.39, 0.29) is 11.8 Å². The van der Waals surface area contributed by atoms with E-state index >= 15 is 0 Å². The van der Waals surface area contributed by atoms with Crippen LogP contribution < -0.4 is 5.32 Å². The minimum absolute atomic E-state index is 0.212. The lowest BCUT2D eigenvalue weighted by Gasteiger charge is -2.25. The first-order valence-electron chi connectivity index (χ1n) is 6.30. The number of nitrogens with one attached hydrogen (secondary N) is 1. The van der Waals surface area contributed by atoms with Crippen molar-refractivity contribution >= 4 is 21.8 Å². The lowest BCUT2D eigenvalue weighted by Crippen LogP contribution is -2.34. The molecule has 0 radical (unpaired) electrons. The molecule has 19 heavy (non-hydrogen) atoms. The number of furan rings is 1.